The fourth-order valence-electron chi connectivity index (χ4n) is 3.45. The molecule has 0 aliphatic carbocycles. The normalized spacial score (nSPS) is 27.3. The number of nitrogens with zero attached hydrogens (tertiary/aromatic N) is 4. The minimum atomic E-state index is -0.638. The summed E-state index contributed by atoms with van der Waals surface area (Å²) in [5, 5.41) is 0. The number of hydrogen-bond acceptors (Lipinski definition) is 8. The maximum Gasteiger partial charge on any atom is 0.316 e. The molecule has 4 rings (SSSR count). The summed E-state index contributed by atoms with van der Waals surface area (Å²) in [7, 11) is 1.41. The van der Waals surface area contributed by atoms with Crippen molar-refractivity contribution in [2.45, 2.75) is 0 Å². The summed E-state index contributed by atoms with van der Waals surface area (Å²) >= 11 is 0. The van der Waals surface area contributed by atoms with Gasteiger partial charge < -0.3 is 25.1 Å². The average Bonchev–Trinajstić information content (AvgIpc) is 3.18. The lowest BCUT2D eigenvalue weighted by atomic mass is 9.81. The van der Waals surface area contributed by atoms with Gasteiger partial charge in [0, 0.05) is 19.0 Å². The van der Waals surface area contributed by atoms with Crippen LogP contribution in [-0.2, 0) is 14.3 Å². The second kappa shape index (κ2) is 4.54. The van der Waals surface area contributed by atoms with E-state index < -0.39 is 5.41 Å². The number of H-pyrrole nitrogens is 1. The number of nitrogens with two attached hydrogens (primary N) is 1. The van der Waals surface area contributed by atoms with Crippen LogP contribution in [0.5, 0.6) is 0 Å². The molecular weight excluding hydrogens is 288 g/mol. The third-order valence-electron chi connectivity index (χ3n) is 4.55. The first-order valence-corrected chi connectivity index (χ1v) is 7.02. The maximum absolute atomic E-state index is 12.3. The van der Waals surface area contributed by atoms with Gasteiger partial charge in [-0.1, -0.05) is 0 Å². The molecule has 3 N–H and O–H groups in total. The number of nitrogens with one attached hydrogen (secondary N) is 1. The van der Waals surface area contributed by atoms with E-state index in [1.54, 1.807) is 6.33 Å². The Morgan fingerprint density at radius 3 is 3.27 bits per heavy atom. The number of ether oxygens (including phenoxy) is 2. The van der Waals surface area contributed by atoms with Crippen LogP contribution < -0.4 is 10.6 Å². The Bertz CT molecular complexity index is 746. The Labute approximate surface area is 125 Å². The van der Waals surface area contributed by atoms with E-state index in [4.69, 9.17) is 15.2 Å². The molecule has 2 aliphatic heterocycles. The number of fused-ring (bicyclic) bond motifs is 2. The van der Waals surface area contributed by atoms with Crippen molar-refractivity contribution in [1.82, 2.24) is 19.9 Å². The van der Waals surface area contributed by atoms with Crippen molar-refractivity contribution in [3.05, 3.63) is 6.33 Å². The number of aromatic amines is 1. The first-order chi connectivity index (χ1) is 10.6. The van der Waals surface area contributed by atoms with Gasteiger partial charge in [-0.2, -0.15) is 9.97 Å². The number of nitrogen functional groups attached to an aromatic ring is 1. The van der Waals surface area contributed by atoms with Gasteiger partial charge in [0.15, 0.2) is 11.5 Å². The van der Waals surface area contributed by atoms with E-state index in [2.05, 4.69) is 19.9 Å². The molecule has 2 aromatic heterocycles. The zero-order valence-electron chi connectivity index (χ0n) is 12.1. The van der Waals surface area contributed by atoms with Crippen molar-refractivity contribution in [3.63, 3.8) is 0 Å². The van der Waals surface area contributed by atoms with Crippen molar-refractivity contribution in [1.29, 1.82) is 0 Å². The highest BCUT2D eigenvalue weighted by Gasteiger charge is 2.57. The number of rotatable bonds is 2. The summed E-state index contributed by atoms with van der Waals surface area (Å²) in [5.74, 6) is 0.669. The van der Waals surface area contributed by atoms with E-state index in [1.807, 2.05) is 4.90 Å². The minimum Gasteiger partial charge on any atom is -0.468 e. The monoisotopic (exact) mass is 304 g/mol. The van der Waals surface area contributed by atoms with Crippen molar-refractivity contribution >= 4 is 28.9 Å². The zero-order valence-corrected chi connectivity index (χ0v) is 12.1. The highest BCUT2D eigenvalue weighted by Crippen LogP contribution is 2.44. The molecule has 9 heteroatoms. The standard InChI is InChI=1S/C13H16N6O3/c1-21-11(20)13-4-19(2-7(13)3-22-5-13)10-8-9(16-6-15-8)17-12(14)18-10/h6-7H,2-5H2,1H3,(H3,14,15,16,17,18)/t7-,13-/m0/s1. The SMILES string of the molecule is COC(=O)[C@@]12COC[C@@H]1CN(c1nc(N)nc3nc[nH]c13)C2. The Morgan fingerprint density at radius 2 is 2.45 bits per heavy atom. The molecule has 22 heavy (non-hydrogen) atoms. The Hall–Kier alpha value is -2.42. The topological polar surface area (TPSA) is 119 Å². The van der Waals surface area contributed by atoms with Crippen LogP contribution in [-0.4, -0.2) is 59.3 Å². The first-order valence-electron chi connectivity index (χ1n) is 7.02. The van der Waals surface area contributed by atoms with E-state index in [0.717, 1.165) is 5.52 Å². The molecule has 0 amide bonds. The number of carbonyl (C=O) groups is 1. The first kappa shape index (κ1) is 13.3. The van der Waals surface area contributed by atoms with Crippen molar-refractivity contribution < 1.29 is 14.3 Å². The lowest BCUT2D eigenvalue weighted by Gasteiger charge is -2.24. The number of hydrogen-bond donors (Lipinski definition) is 2. The zero-order chi connectivity index (χ0) is 15.3. The Balaban J connectivity index is 1.75. The third-order valence-corrected chi connectivity index (χ3v) is 4.55. The lowest BCUT2D eigenvalue weighted by Crippen LogP contribution is -2.40. The van der Waals surface area contributed by atoms with Gasteiger partial charge in [-0.15, -0.1) is 0 Å². The van der Waals surface area contributed by atoms with Crippen LogP contribution in [0.3, 0.4) is 0 Å². The van der Waals surface area contributed by atoms with E-state index in [9.17, 15) is 4.79 Å². The van der Waals surface area contributed by atoms with Crippen LogP contribution in [0.1, 0.15) is 0 Å². The summed E-state index contributed by atoms with van der Waals surface area (Å²) in [6.45, 7) is 2.04. The Morgan fingerprint density at radius 1 is 1.59 bits per heavy atom. The summed E-state index contributed by atoms with van der Waals surface area (Å²) in [5.41, 5.74) is 6.36. The number of esters is 1. The quantitative estimate of drug-likeness (QED) is 0.717. The van der Waals surface area contributed by atoms with Crippen LogP contribution >= 0.6 is 0 Å². The molecule has 0 saturated carbocycles. The van der Waals surface area contributed by atoms with Gasteiger partial charge in [0.2, 0.25) is 5.95 Å². The second-order valence-electron chi connectivity index (χ2n) is 5.75. The molecule has 0 spiro atoms. The highest BCUT2D eigenvalue weighted by atomic mass is 16.5. The van der Waals surface area contributed by atoms with E-state index in [-0.39, 0.29) is 17.8 Å². The highest BCUT2D eigenvalue weighted by molar-refractivity contribution is 5.86. The molecule has 0 bridgehead atoms. The molecule has 2 saturated heterocycles. The van der Waals surface area contributed by atoms with E-state index in [1.165, 1.54) is 7.11 Å². The Kier molecular flexibility index (Phi) is 2.73. The van der Waals surface area contributed by atoms with Crippen molar-refractivity contribution in [2.75, 3.05) is 44.0 Å². The number of methoxy groups -OCH3 is 1. The lowest BCUT2D eigenvalue weighted by molar-refractivity contribution is -0.152. The van der Waals surface area contributed by atoms with Gasteiger partial charge >= 0.3 is 5.97 Å². The fourth-order valence-corrected chi connectivity index (χ4v) is 3.45. The number of imidazole rings is 1. The van der Waals surface area contributed by atoms with Gasteiger partial charge in [0.05, 0.1) is 26.7 Å². The molecule has 0 radical (unpaired) electrons. The van der Waals surface area contributed by atoms with Crippen LogP contribution in [0.15, 0.2) is 6.33 Å². The third kappa shape index (κ3) is 1.68. The molecule has 4 heterocycles. The van der Waals surface area contributed by atoms with Gasteiger partial charge in [0.25, 0.3) is 0 Å². The second-order valence-corrected chi connectivity index (χ2v) is 5.75. The van der Waals surface area contributed by atoms with Crippen LogP contribution in [0.4, 0.5) is 11.8 Å². The predicted octanol–water partition coefficient (Wildman–Crippen LogP) is -0.439. The molecule has 2 aromatic rings. The largest absolute Gasteiger partial charge is 0.468 e. The molecule has 0 aromatic carbocycles. The molecule has 9 nitrogen and oxygen atoms in total. The molecule has 0 unspecified atom stereocenters. The fraction of sp³-hybridized carbons (Fsp3) is 0.538. The van der Waals surface area contributed by atoms with Gasteiger partial charge in [-0.05, 0) is 0 Å². The number of carbonyl (C=O) groups excluding carboxylic acids is 1. The summed E-state index contributed by atoms with van der Waals surface area (Å²) < 4.78 is 10.5. The minimum absolute atomic E-state index is 0.0779. The summed E-state index contributed by atoms with van der Waals surface area (Å²) in [4.78, 5) is 29.9. The maximum atomic E-state index is 12.3. The average molecular weight is 304 g/mol. The molecule has 116 valence electrons. The molecule has 2 fully saturated rings. The molecule has 2 atom stereocenters. The van der Waals surface area contributed by atoms with Crippen molar-refractivity contribution in [3.8, 4) is 0 Å². The predicted molar refractivity (Wildman–Crippen MR) is 77.1 cm³/mol. The van der Waals surface area contributed by atoms with E-state index >= 15 is 0 Å². The summed E-state index contributed by atoms with van der Waals surface area (Å²) in [6.07, 6.45) is 1.55. The molecule has 2 aliphatic rings. The van der Waals surface area contributed by atoms with Crippen molar-refractivity contribution in [2.24, 2.45) is 11.3 Å². The van der Waals surface area contributed by atoms with Gasteiger partial charge in [-0.25, -0.2) is 4.98 Å². The van der Waals surface area contributed by atoms with Gasteiger partial charge in [-0.3, -0.25) is 4.79 Å². The van der Waals surface area contributed by atoms with Crippen LogP contribution in [0, 0.1) is 11.3 Å². The van der Waals surface area contributed by atoms with E-state index in [0.29, 0.717) is 37.8 Å². The van der Waals surface area contributed by atoms with Crippen LogP contribution in [0.25, 0.3) is 11.2 Å². The number of anilines is 2. The number of aromatic nitrogens is 4. The molecular formula is C13H16N6O3. The smallest absolute Gasteiger partial charge is 0.316 e. The van der Waals surface area contributed by atoms with Crippen LogP contribution in [0.2, 0.25) is 0 Å². The van der Waals surface area contributed by atoms with Gasteiger partial charge in [0.1, 0.15) is 10.9 Å². The summed E-state index contributed by atoms with van der Waals surface area (Å²) in [6, 6.07) is 0.